The van der Waals surface area contributed by atoms with Gasteiger partial charge >= 0.3 is 0 Å². The van der Waals surface area contributed by atoms with Gasteiger partial charge in [0.1, 0.15) is 5.75 Å². The van der Waals surface area contributed by atoms with Crippen LogP contribution in [-0.2, 0) is 13.0 Å². The van der Waals surface area contributed by atoms with Crippen LogP contribution in [0.5, 0.6) is 5.75 Å². The van der Waals surface area contributed by atoms with E-state index in [0.29, 0.717) is 5.75 Å². The molecule has 2 aromatic carbocycles. The maximum Gasteiger partial charge on any atom is 0.193 e. The first-order valence-electron chi connectivity index (χ1n) is 11.0. The van der Waals surface area contributed by atoms with Gasteiger partial charge in [0.25, 0.3) is 0 Å². The molecule has 0 unspecified atom stereocenters. The molecule has 4 rings (SSSR count). The number of rotatable bonds is 5. The fourth-order valence-corrected chi connectivity index (χ4v) is 4.47. The molecule has 0 bridgehead atoms. The monoisotopic (exact) mass is 535 g/mol. The zero-order chi connectivity index (χ0) is 20.8. The van der Waals surface area contributed by atoms with Gasteiger partial charge in [-0.1, -0.05) is 36.4 Å². The average Bonchev–Trinajstić information content (AvgIpc) is 2.80. The zero-order valence-electron chi connectivity index (χ0n) is 18.3. The van der Waals surface area contributed by atoms with E-state index in [1.54, 1.807) is 6.07 Å². The Bertz CT molecular complexity index is 867. The van der Waals surface area contributed by atoms with Crippen molar-refractivity contribution in [2.75, 3.05) is 57.8 Å². The predicted octanol–water partition coefficient (Wildman–Crippen LogP) is 3.16. The molecule has 0 amide bonds. The Morgan fingerprint density at radius 1 is 0.968 bits per heavy atom. The number of nitrogens with zero attached hydrogens (tertiary/aromatic N) is 4. The van der Waals surface area contributed by atoms with Crippen LogP contribution in [-0.4, -0.2) is 73.7 Å². The lowest BCUT2D eigenvalue weighted by Gasteiger charge is -2.38. The van der Waals surface area contributed by atoms with Gasteiger partial charge in [-0.15, -0.1) is 24.0 Å². The fraction of sp³-hybridized carbons (Fsp3) is 0.458. The number of benzene rings is 2. The Labute approximate surface area is 203 Å². The summed E-state index contributed by atoms with van der Waals surface area (Å²) in [7, 11) is 1.86. The number of aliphatic imine (C=N–C) groups is 1. The Morgan fingerprint density at radius 3 is 2.42 bits per heavy atom. The minimum absolute atomic E-state index is 0. The number of hydrogen-bond acceptors (Lipinski definition) is 4. The molecule has 1 fully saturated rings. The molecule has 0 atom stereocenters. The highest BCUT2D eigenvalue weighted by Crippen LogP contribution is 2.27. The quantitative estimate of drug-likeness (QED) is 0.267. The van der Waals surface area contributed by atoms with Crippen LogP contribution in [0.1, 0.15) is 17.5 Å². The maximum atomic E-state index is 10.1. The van der Waals surface area contributed by atoms with E-state index < -0.39 is 0 Å². The molecule has 2 N–H and O–H groups in total. The third-order valence-electron chi connectivity index (χ3n) is 6.16. The minimum atomic E-state index is 0. The number of phenolic OH excluding ortho intramolecular Hbond substituents is 1. The van der Waals surface area contributed by atoms with E-state index in [1.807, 2.05) is 25.2 Å². The number of piperazine rings is 1. The average molecular weight is 535 g/mol. The van der Waals surface area contributed by atoms with Crippen LogP contribution in [0.2, 0.25) is 0 Å². The summed E-state index contributed by atoms with van der Waals surface area (Å²) in [5, 5.41) is 13.6. The lowest BCUT2D eigenvalue weighted by atomic mass is 10.00. The van der Waals surface area contributed by atoms with Gasteiger partial charge in [-0.25, -0.2) is 0 Å². The van der Waals surface area contributed by atoms with Crippen molar-refractivity contribution in [2.45, 2.75) is 19.4 Å². The number of phenols is 1. The molecule has 168 valence electrons. The molecule has 0 aromatic heterocycles. The third-order valence-corrected chi connectivity index (χ3v) is 6.16. The molecule has 0 saturated carbocycles. The van der Waals surface area contributed by atoms with Crippen molar-refractivity contribution >= 4 is 35.6 Å². The highest BCUT2D eigenvalue weighted by Gasteiger charge is 2.21. The molecule has 0 aliphatic carbocycles. The van der Waals surface area contributed by atoms with E-state index in [0.717, 1.165) is 76.8 Å². The molecule has 2 aliphatic rings. The molecule has 0 radical (unpaired) electrons. The van der Waals surface area contributed by atoms with Crippen molar-refractivity contribution < 1.29 is 5.11 Å². The molecule has 7 heteroatoms. The smallest absolute Gasteiger partial charge is 0.193 e. The molecule has 0 spiro atoms. The summed E-state index contributed by atoms with van der Waals surface area (Å²) in [4.78, 5) is 11.6. The van der Waals surface area contributed by atoms with E-state index in [-0.39, 0.29) is 24.0 Å². The van der Waals surface area contributed by atoms with Gasteiger partial charge in [-0.05, 0) is 36.1 Å². The van der Waals surface area contributed by atoms with Crippen LogP contribution in [0, 0.1) is 0 Å². The van der Waals surface area contributed by atoms with Gasteiger partial charge in [-0.3, -0.25) is 9.89 Å². The summed E-state index contributed by atoms with van der Waals surface area (Å²) in [5.41, 5.74) is 3.91. The van der Waals surface area contributed by atoms with Crippen LogP contribution in [0.25, 0.3) is 0 Å². The predicted molar refractivity (Wildman–Crippen MR) is 139 cm³/mol. The third kappa shape index (κ3) is 6.04. The fourth-order valence-electron chi connectivity index (χ4n) is 4.47. The Hall–Kier alpha value is -2.00. The summed E-state index contributed by atoms with van der Waals surface area (Å²) in [5.74, 6) is 1.34. The summed E-state index contributed by atoms with van der Waals surface area (Å²) < 4.78 is 0. The summed E-state index contributed by atoms with van der Waals surface area (Å²) in [6.07, 6.45) is 2.27. The van der Waals surface area contributed by atoms with E-state index in [9.17, 15) is 5.11 Å². The van der Waals surface area contributed by atoms with Crippen molar-refractivity contribution in [1.29, 1.82) is 0 Å². The number of aromatic hydroxyl groups is 1. The SMILES string of the molecule is CN=C(NCCCN1CCc2ccccc2C1)N1CCN(c2ccccc2O)CC1.I. The van der Waals surface area contributed by atoms with E-state index >= 15 is 0 Å². The highest BCUT2D eigenvalue weighted by molar-refractivity contribution is 14.0. The highest BCUT2D eigenvalue weighted by atomic mass is 127. The van der Waals surface area contributed by atoms with Crippen LogP contribution in [0.3, 0.4) is 0 Å². The molecule has 1 saturated heterocycles. The van der Waals surface area contributed by atoms with Crippen LogP contribution in [0.4, 0.5) is 5.69 Å². The van der Waals surface area contributed by atoms with Gasteiger partial charge in [0.05, 0.1) is 5.69 Å². The molecular formula is C24H34IN5O. The van der Waals surface area contributed by atoms with Gasteiger partial charge in [0.15, 0.2) is 5.96 Å². The number of anilines is 1. The van der Waals surface area contributed by atoms with Crippen molar-refractivity contribution in [3.05, 3.63) is 59.7 Å². The molecule has 31 heavy (non-hydrogen) atoms. The Morgan fingerprint density at radius 2 is 1.68 bits per heavy atom. The maximum absolute atomic E-state index is 10.1. The van der Waals surface area contributed by atoms with Gasteiger partial charge < -0.3 is 20.2 Å². The van der Waals surface area contributed by atoms with E-state index in [1.165, 1.54) is 11.1 Å². The van der Waals surface area contributed by atoms with Crippen molar-refractivity contribution in [3.63, 3.8) is 0 Å². The number of guanidine groups is 1. The molecular weight excluding hydrogens is 501 g/mol. The standard InChI is InChI=1S/C24H33N5O.HI/c1-25-24(29-17-15-28(16-18-29)22-9-4-5-10-23(22)30)26-12-6-13-27-14-11-20-7-2-3-8-21(20)19-27;/h2-5,7-10,30H,6,11-19H2,1H3,(H,25,26);1H. The number of para-hydroxylation sites is 2. The molecule has 2 aliphatic heterocycles. The van der Waals surface area contributed by atoms with Gasteiger partial charge in [0.2, 0.25) is 0 Å². The first kappa shape index (κ1) is 23.7. The first-order chi connectivity index (χ1) is 14.7. The summed E-state index contributed by atoms with van der Waals surface area (Å²) >= 11 is 0. The second-order valence-electron chi connectivity index (χ2n) is 8.09. The second-order valence-corrected chi connectivity index (χ2v) is 8.09. The Kier molecular flexibility index (Phi) is 8.83. The van der Waals surface area contributed by atoms with Gasteiger partial charge in [0, 0.05) is 59.4 Å². The first-order valence-corrected chi connectivity index (χ1v) is 11.0. The van der Waals surface area contributed by atoms with Crippen molar-refractivity contribution in [2.24, 2.45) is 4.99 Å². The topological polar surface area (TPSA) is 54.3 Å². The number of fused-ring (bicyclic) bond motifs is 1. The molecule has 2 heterocycles. The van der Waals surface area contributed by atoms with Crippen LogP contribution in [0.15, 0.2) is 53.5 Å². The van der Waals surface area contributed by atoms with Gasteiger partial charge in [-0.2, -0.15) is 0 Å². The zero-order valence-corrected chi connectivity index (χ0v) is 20.7. The normalized spacial score (nSPS) is 17.1. The number of hydrogen-bond donors (Lipinski definition) is 2. The van der Waals surface area contributed by atoms with Crippen LogP contribution < -0.4 is 10.2 Å². The molecule has 2 aromatic rings. The van der Waals surface area contributed by atoms with E-state index in [4.69, 9.17) is 0 Å². The van der Waals surface area contributed by atoms with Crippen molar-refractivity contribution in [1.82, 2.24) is 15.1 Å². The number of nitrogens with one attached hydrogen (secondary N) is 1. The Balaban J connectivity index is 0.00000272. The minimum Gasteiger partial charge on any atom is -0.506 e. The summed E-state index contributed by atoms with van der Waals surface area (Å²) in [6, 6.07) is 16.4. The second kappa shape index (κ2) is 11.6. The lowest BCUT2D eigenvalue weighted by molar-refractivity contribution is 0.251. The van der Waals surface area contributed by atoms with E-state index in [2.05, 4.69) is 49.3 Å². The lowest BCUT2D eigenvalue weighted by Crippen LogP contribution is -2.52. The van der Waals surface area contributed by atoms with Crippen molar-refractivity contribution in [3.8, 4) is 5.75 Å². The summed E-state index contributed by atoms with van der Waals surface area (Å²) in [6.45, 7) is 7.83. The van der Waals surface area contributed by atoms with Crippen LogP contribution >= 0.6 is 24.0 Å². The largest absolute Gasteiger partial charge is 0.506 e. The number of halogens is 1. The molecule has 6 nitrogen and oxygen atoms in total.